The van der Waals surface area contributed by atoms with E-state index in [4.69, 9.17) is 11.1 Å². The molecule has 3 rings (SSSR count). The molecule has 2 aliphatic heterocycles. The van der Waals surface area contributed by atoms with E-state index in [0.717, 1.165) is 12.8 Å². The minimum absolute atomic E-state index is 0.0751. The third-order valence-corrected chi connectivity index (χ3v) is 7.71. The van der Waals surface area contributed by atoms with Crippen LogP contribution in [0.3, 0.4) is 0 Å². The van der Waals surface area contributed by atoms with Gasteiger partial charge >= 0.3 is 0 Å². The van der Waals surface area contributed by atoms with E-state index in [9.17, 15) is 18.0 Å². The van der Waals surface area contributed by atoms with Gasteiger partial charge < -0.3 is 20.9 Å². The topological polar surface area (TPSA) is 149 Å². The number of carbonyl (C=O) groups is 2. The summed E-state index contributed by atoms with van der Waals surface area (Å²) in [6, 6.07) is 7.23. The van der Waals surface area contributed by atoms with E-state index in [1.54, 1.807) is 24.3 Å². The smallest absolute Gasteiger partial charge is 0.242 e. The molecule has 2 heterocycles. The maximum atomic E-state index is 13.0. The molecule has 33 heavy (non-hydrogen) atoms. The molecule has 10 nitrogen and oxygen atoms in total. The number of amides is 2. The number of nitrogens with two attached hydrogens (primary N) is 1. The van der Waals surface area contributed by atoms with Gasteiger partial charge in [-0.05, 0) is 44.1 Å². The molecule has 1 aromatic carbocycles. The lowest BCUT2D eigenvalue weighted by atomic mass is 9.97. The Morgan fingerprint density at radius 3 is 2.45 bits per heavy atom. The molecule has 2 atom stereocenters. The van der Waals surface area contributed by atoms with Crippen LogP contribution < -0.4 is 15.8 Å². The summed E-state index contributed by atoms with van der Waals surface area (Å²) in [5.41, 5.74) is 6.16. The molecule has 2 aliphatic rings. The fourth-order valence-electron chi connectivity index (χ4n) is 4.45. The number of piperidine rings is 1. The molecule has 0 radical (unpaired) electrons. The van der Waals surface area contributed by atoms with Crippen molar-refractivity contribution in [1.82, 2.24) is 19.8 Å². The van der Waals surface area contributed by atoms with Gasteiger partial charge in [0.25, 0.3) is 0 Å². The zero-order valence-electron chi connectivity index (χ0n) is 19.0. The summed E-state index contributed by atoms with van der Waals surface area (Å²) in [7, 11) is -3.71. The van der Waals surface area contributed by atoms with Gasteiger partial charge in [0.15, 0.2) is 5.96 Å². The van der Waals surface area contributed by atoms with Crippen LogP contribution in [0, 0.1) is 11.3 Å². The van der Waals surface area contributed by atoms with Gasteiger partial charge in [-0.15, -0.1) is 0 Å². The number of rotatable bonds is 8. The van der Waals surface area contributed by atoms with Crippen LogP contribution in [0.2, 0.25) is 0 Å². The maximum Gasteiger partial charge on any atom is 0.242 e. The highest BCUT2D eigenvalue weighted by atomic mass is 32.2. The molecule has 0 spiro atoms. The third-order valence-electron chi connectivity index (χ3n) is 6.28. The molecule has 2 saturated heterocycles. The Bertz CT molecular complexity index is 947. The average Bonchev–Trinajstić information content (AvgIpc) is 3.27. The van der Waals surface area contributed by atoms with Crippen molar-refractivity contribution in [3.63, 3.8) is 0 Å². The van der Waals surface area contributed by atoms with Crippen molar-refractivity contribution in [3.05, 3.63) is 35.9 Å². The lowest BCUT2D eigenvalue weighted by Crippen LogP contribution is -2.53. The molecular weight excluding hydrogens is 444 g/mol. The Balaban J connectivity index is 1.50. The number of carbonyl (C=O) groups excluding carboxylic acids is 2. The SMILES string of the molecule is C[C@@H](NS(=O)(=O)Cc1ccccc1)C(=O)N1CCC[C@H]1C(=O)NCC1CCN(C(=N)N)CC1. The zero-order valence-corrected chi connectivity index (χ0v) is 19.8. The number of likely N-dealkylation sites (tertiary alicyclic amines) is 2. The summed E-state index contributed by atoms with van der Waals surface area (Å²) in [6.07, 6.45) is 2.94. The fourth-order valence-corrected chi connectivity index (χ4v) is 5.80. The maximum absolute atomic E-state index is 13.0. The minimum Gasteiger partial charge on any atom is -0.370 e. The highest BCUT2D eigenvalue weighted by Crippen LogP contribution is 2.20. The van der Waals surface area contributed by atoms with Crippen LogP contribution >= 0.6 is 0 Å². The second kappa shape index (κ2) is 11.0. The van der Waals surface area contributed by atoms with Crippen molar-refractivity contribution >= 4 is 27.8 Å². The Hall–Kier alpha value is -2.66. The standard InChI is InChI=1S/C22H34N6O4S/c1-16(26-33(31,32)15-18-6-3-2-4-7-18)21(30)28-11-5-8-19(28)20(29)25-14-17-9-12-27(13-10-17)22(23)24/h2-4,6-7,16-17,19,26H,5,8-15H2,1H3,(H3,23,24)(H,25,29)/t16-,19+/m1/s1. The van der Waals surface area contributed by atoms with Crippen LogP contribution in [-0.4, -0.2) is 74.3 Å². The van der Waals surface area contributed by atoms with Crippen LogP contribution in [-0.2, 0) is 25.4 Å². The third kappa shape index (κ3) is 6.91. The van der Waals surface area contributed by atoms with Crippen LogP contribution in [0.1, 0.15) is 38.2 Å². The summed E-state index contributed by atoms with van der Waals surface area (Å²) in [5.74, 6) is -0.421. The molecule has 1 aromatic rings. The first-order valence-electron chi connectivity index (χ1n) is 11.4. The molecule has 0 aliphatic carbocycles. The number of hydrogen-bond donors (Lipinski definition) is 4. The van der Waals surface area contributed by atoms with Gasteiger partial charge in [-0.3, -0.25) is 15.0 Å². The van der Waals surface area contributed by atoms with Crippen molar-refractivity contribution in [2.45, 2.75) is 50.4 Å². The molecule has 0 unspecified atom stereocenters. The molecule has 11 heteroatoms. The van der Waals surface area contributed by atoms with Crippen molar-refractivity contribution in [2.75, 3.05) is 26.2 Å². The monoisotopic (exact) mass is 478 g/mol. The second-order valence-electron chi connectivity index (χ2n) is 8.83. The Morgan fingerprint density at radius 2 is 1.82 bits per heavy atom. The zero-order chi connectivity index (χ0) is 24.0. The molecule has 2 fully saturated rings. The van der Waals surface area contributed by atoms with Crippen LogP contribution in [0.15, 0.2) is 30.3 Å². The molecule has 0 bridgehead atoms. The number of benzene rings is 1. The van der Waals surface area contributed by atoms with Crippen LogP contribution in [0.25, 0.3) is 0 Å². The van der Waals surface area contributed by atoms with Crippen molar-refractivity contribution < 1.29 is 18.0 Å². The van der Waals surface area contributed by atoms with E-state index in [1.807, 2.05) is 11.0 Å². The number of sulfonamides is 1. The second-order valence-corrected chi connectivity index (χ2v) is 10.6. The number of nitrogens with zero attached hydrogens (tertiary/aromatic N) is 2. The van der Waals surface area contributed by atoms with Gasteiger partial charge in [-0.2, -0.15) is 0 Å². The van der Waals surface area contributed by atoms with Crippen LogP contribution in [0.5, 0.6) is 0 Å². The van der Waals surface area contributed by atoms with Gasteiger partial charge in [0.1, 0.15) is 6.04 Å². The summed E-state index contributed by atoms with van der Waals surface area (Å²) < 4.78 is 27.5. The van der Waals surface area contributed by atoms with E-state index in [2.05, 4.69) is 10.0 Å². The van der Waals surface area contributed by atoms with E-state index in [-0.39, 0.29) is 23.5 Å². The van der Waals surface area contributed by atoms with Gasteiger partial charge in [-0.1, -0.05) is 30.3 Å². The summed E-state index contributed by atoms with van der Waals surface area (Å²) >= 11 is 0. The van der Waals surface area contributed by atoms with Gasteiger partial charge in [0.2, 0.25) is 21.8 Å². The normalized spacial score (nSPS) is 20.5. The molecule has 182 valence electrons. The fraction of sp³-hybridized carbons (Fsp3) is 0.591. The Kier molecular flexibility index (Phi) is 8.30. The lowest BCUT2D eigenvalue weighted by molar-refractivity contribution is -0.139. The Labute approximate surface area is 195 Å². The summed E-state index contributed by atoms with van der Waals surface area (Å²) in [5, 5.41) is 10.5. The largest absolute Gasteiger partial charge is 0.370 e. The Morgan fingerprint density at radius 1 is 1.15 bits per heavy atom. The van der Waals surface area contributed by atoms with Crippen LogP contribution in [0.4, 0.5) is 0 Å². The first-order chi connectivity index (χ1) is 15.7. The molecule has 5 N–H and O–H groups in total. The minimum atomic E-state index is -3.71. The van der Waals surface area contributed by atoms with Gasteiger partial charge in [0.05, 0.1) is 11.8 Å². The highest BCUT2D eigenvalue weighted by Gasteiger charge is 2.37. The molecule has 0 saturated carbocycles. The number of hydrogen-bond acceptors (Lipinski definition) is 5. The van der Waals surface area contributed by atoms with Crippen molar-refractivity contribution in [2.24, 2.45) is 11.7 Å². The predicted octanol–water partition coefficient (Wildman–Crippen LogP) is 0.207. The summed E-state index contributed by atoms with van der Waals surface area (Å²) in [6.45, 7) is 3.86. The first kappa shape index (κ1) is 25.0. The van der Waals surface area contributed by atoms with E-state index >= 15 is 0 Å². The van der Waals surface area contributed by atoms with E-state index in [0.29, 0.717) is 50.5 Å². The van der Waals surface area contributed by atoms with Gasteiger partial charge in [-0.25, -0.2) is 13.1 Å². The lowest BCUT2D eigenvalue weighted by Gasteiger charge is -2.32. The average molecular weight is 479 g/mol. The van der Waals surface area contributed by atoms with Gasteiger partial charge in [0, 0.05) is 26.2 Å². The number of nitrogens with one attached hydrogen (secondary N) is 3. The highest BCUT2D eigenvalue weighted by molar-refractivity contribution is 7.88. The molecule has 0 aromatic heterocycles. The number of guanidine groups is 1. The van der Waals surface area contributed by atoms with Crippen molar-refractivity contribution in [1.29, 1.82) is 5.41 Å². The predicted molar refractivity (Wildman–Crippen MR) is 126 cm³/mol. The summed E-state index contributed by atoms with van der Waals surface area (Å²) in [4.78, 5) is 29.1. The molecule has 2 amide bonds. The molecular formula is C22H34N6O4S. The quantitative estimate of drug-likeness (QED) is 0.310. The van der Waals surface area contributed by atoms with E-state index in [1.165, 1.54) is 11.8 Å². The van der Waals surface area contributed by atoms with Crippen molar-refractivity contribution in [3.8, 4) is 0 Å². The first-order valence-corrected chi connectivity index (χ1v) is 13.0. The van der Waals surface area contributed by atoms with E-state index < -0.39 is 22.1 Å².